The lowest BCUT2D eigenvalue weighted by atomic mass is 9.97. The normalized spacial score (nSPS) is 17.0. The Balaban J connectivity index is 1.61. The molecule has 0 N–H and O–H groups in total. The minimum absolute atomic E-state index is 0.0422. The quantitative estimate of drug-likeness (QED) is 0.179. The minimum Gasteiger partial charge on any atom is -0.463 e. The van der Waals surface area contributed by atoms with Gasteiger partial charge in [-0.05, 0) is 43.4 Å². The Kier molecular flexibility index (Phi) is 7.38. The topological polar surface area (TPSA) is 107 Å². The molecule has 11 heteroatoms. The molecule has 0 radical (unpaired) electrons. The largest absolute Gasteiger partial charge is 0.463 e. The van der Waals surface area contributed by atoms with E-state index in [-0.39, 0.29) is 17.9 Å². The van der Waals surface area contributed by atoms with Crippen LogP contribution in [0.3, 0.4) is 0 Å². The Labute approximate surface area is 243 Å². The fourth-order valence-corrected chi connectivity index (χ4v) is 7.13. The van der Waals surface area contributed by atoms with Gasteiger partial charge in [0, 0.05) is 46.9 Å². The fraction of sp³-hybridized carbons (Fsp3) is 0.233. The molecule has 4 aromatic rings. The Morgan fingerprint density at radius 1 is 1.15 bits per heavy atom. The van der Waals surface area contributed by atoms with Crippen molar-refractivity contribution < 1.29 is 14.5 Å². The van der Waals surface area contributed by atoms with Crippen LogP contribution in [0.4, 0.5) is 11.4 Å². The van der Waals surface area contributed by atoms with Gasteiger partial charge in [0.1, 0.15) is 6.04 Å². The van der Waals surface area contributed by atoms with E-state index in [1.165, 1.54) is 34.8 Å². The maximum atomic E-state index is 14.1. The van der Waals surface area contributed by atoms with E-state index in [4.69, 9.17) is 9.73 Å². The highest BCUT2D eigenvalue weighted by Gasteiger charge is 2.35. The molecule has 0 aliphatic carbocycles. The summed E-state index contributed by atoms with van der Waals surface area (Å²) < 4.78 is 7.41. The molecular formula is C30H26N4O5S2. The second kappa shape index (κ2) is 11.3. The molecule has 2 aromatic carbocycles. The molecule has 0 bridgehead atoms. The highest BCUT2D eigenvalue weighted by molar-refractivity contribution is 7.10. The molecular weight excluding hydrogens is 560 g/mol. The van der Waals surface area contributed by atoms with Crippen LogP contribution in [0.5, 0.6) is 0 Å². The molecule has 2 aromatic heterocycles. The van der Waals surface area contributed by atoms with Crippen molar-refractivity contribution in [1.82, 2.24) is 4.57 Å². The first-order chi connectivity index (χ1) is 20.0. The van der Waals surface area contributed by atoms with Crippen LogP contribution in [0.2, 0.25) is 0 Å². The van der Waals surface area contributed by atoms with Crippen LogP contribution in [0.15, 0.2) is 81.4 Å². The van der Waals surface area contributed by atoms with Crippen LogP contribution in [-0.4, -0.2) is 35.2 Å². The van der Waals surface area contributed by atoms with Crippen molar-refractivity contribution in [3.63, 3.8) is 0 Å². The summed E-state index contributed by atoms with van der Waals surface area (Å²) in [5.74, 6) is -0.530. The maximum Gasteiger partial charge on any atom is 0.338 e. The molecule has 2 aliphatic rings. The van der Waals surface area contributed by atoms with Crippen LogP contribution in [0.1, 0.15) is 41.8 Å². The summed E-state index contributed by atoms with van der Waals surface area (Å²) in [4.78, 5) is 47.1. The zero-order valence-electron chi connectivity index (χ0n) is 22.2. The second-order valence-corrected chi connectivity index (χ2v) is 11.6. The predicted molar refractivity (Wildman–Crippen MR) is 160 cm³/mol. The lowest BCUT2D eigenvalue weighted by Crippen LogP contribution is -2.39. The van der Waals surface area contributed by atoms with Gasteiger partial charge < -0.3 is 9.64 Å². The van der Waals surface area contributed by atoms with E-state index >= 15 is 0 Å². The highest BCUT2D eigenvalue weighted by atomic mass is 32.1. The molecule has 1 atom stereocenters. The molecule has 4 heterocycles. The number of nitrogens with zero attached hydrogens (tertiary/aromatic N) is 4. The molecule has 0 spiro atoms. The van der Waals surface area contributed by atoms with Crippen molar-refractivity contribution in [2.24, 2.45) is 4.99 Å². The van der Waals surface area contributed by atoms with Crippen molar-refractivity contribution in [3.8, 4) is 0 Å². The fourth-order valence-electron chi connectivity index (χ4n) is 5.31. The molecule has 0 amide bonds. The van der Waals surface area contributed by atoms with Crippen LogP contribution in [0, 0.1) is 10.1 Å². The number of esters is 1. The molecule has 0 saturated carbocycles. The lowest BCUT2D eigenvalue weighted by molar-refractivity contribution is -0.384. The molecule has 208 valence electrons. The number of aromatic nitrogens is 1. The smallest absolute Gasteiger partial charge is 0.338 e. The first-order valence-electron chi connectivity index (χ1n) is 13.3. The highest BCUT2D eigenvalue weighted by Crippen LogP contribution is 2.37. The standard InChI is InChI=1S/C30H26N4O5S2/c1-2-39-29(36)25-26(19-9-4-3-5-10-19)31-30-33(27(25)23-11-8-16-40-23)28(35)24(41-30)18-20-17-21(34(37)38)12-13-22(20)32-14-6-7-15-32/h3-5,8-13,16-18,27H,2,6-7,14-15H2,1H3/b24-18+/t27-/m1/s1. The van der Waals surface area contributed by atoms with E-state index in [1.54, 1.807) is 23.6 Å². The van der Waals surface area contributed by atoms with Gasteiger partial charge in [-0.2, -0.15) is 0 Å². The van der Waals surface area contributed by atoms with Gasteiger partial charge in [0.25, 0.3) is 11.2 Å². The summed E-state index contributed by atoms with van der Waals surface area (Å²) in [5, 5.41) is 13.5. The number of anilines is 1. The van der Waals surface area contributed by atoms with Gasteiger partial charge >= 0.3 is 5.97 Å². The monoisotopic (exact) mass is 586 g/mol. The average Bonchev–Trinajstić information content (AvgIpc) is 3.76. The molecule has 6 rings (SSSR count). The zero-order chi connectivity index (χ0) is 28.5. The SMILES string of the molecule is CCOC(=O)C1=C(c2ccccc2)N=c2s/c(=C/c3cc([N+](=O)[O-])ccc3N3CCCC3)c(=O)n2[C@@H]1c1cccs1. The van der Waals surface area contributed by atoms with E-state index < -0.39 is 16.9 Å². The van der Waals surface area contributed by atoms with Gasteiger partial charge in [-0.25, -0.2) is 9.79 Å². The number of rotatable bonds is 7. The van der Waals surface area contributed by atoms with Gasteiger partial charge in [-0.3, -0.25) is 19.5 Å². The number of hydrogen-bond acceptors (Lipinski definition) is 9. The zero-order valence-corrected chi connectivity index (χ0v) is 23.8. The Bertz CT molecular complexity index is 1840. The summed E-state index contributed by atoms with van der Waals surface area (Å²) >= 11 is 2.65. The third-order valence-corrected chi connectivity index (χ3v) is 9.05. The van der Waals surface area contributed by atoms with Gasteiger partial charge in [-0.15, -0.1) is 11.3 Å². The van der Waals surface area contributed by atoms with Crippen LogP contribution in [-0.2, 0) is 9.53 Å². The number of thiazole rings is 1. The molecule has 9 nitrogen and oxygen atoms in total. The summed E-state index contributed by atoms with van der Waals surface area (Å²) in [5.41, 5.74) is 2.60. The third kappa shape index (κ3) is 5.02. The molecule has 41 heavy (non-hydrogen) atoms. The third-order valence-electron chi connectivity index (χ3n) is 7.14. The number of nitro groups is 1. The number of thiophene rings is 1. The Morgan fingerprint density at radius 2 is 1.93 bits per heavy atom. The summed E-state index contributed by atoms with van der Waals surface area (Å²) in [7, 11) is 0. The van der Waals surface area contributed by atoms with Crippen LogP contribution >= 0.6 is 22.7 Å². The first kappa shape index (κ1) is 26.9. The Hall–Kier alpha value is -4.35. The number of ether oxygens (including phenoxy) is 1. The van der Waals surface area contributed by atoms with Crippen molar-refractivity contribution in [2.45, 2.75) is 25.8 Å². The van der Waals surface area contributed by atoms with Crippen molar-refractivity contribution in [2.75, 3.05) is 24.6 Å². The minimum atomic E-state index is -0.731. The number of fused-ring (bicyclic) bond motifs is 1. The van der Waals surface area contributed by atoms with E-state index in [0.29, 0.717) is 26.2 Å². The number of hydrogen-bond donors (Lipinski definition) is 0. The number of carbonyl (C=O) groups excluding carboxylic acids is 1. The lowest BCUT2D eigenvalue weighted by Gasteiger charge is -2.24. The first-order valence-corrected chi connectivity index (χ1v) is 15.0. The number of non-ortho nitro benzene ring substituents is 1. The van der Waals surface area contributed by atoms with E-state index in [2.05, 4.69) is 4.90 Å². The van der Waals surface area contributed by atoms with E-state index in [0.717, 1.165) is 42.1 Å². The summed E-state index contributed by atoms with van der Waals surface area (Å²) in [6.45, 7) is 3.62. The van der Waals surface area contributed by atoms with E-state index in [9.17, 15) is 19.7 Å². The summed E-state index contributed by atoms with van der Waals surface area (Å²) in [6.07, 6.45) is 3.79. The van der Waals surface area contributed by atoms with Crippen LogP contribution in [0.25, 0.3) is 11.8 Å². The molecule has 1 fully saturated rings. The molecule has 0 unspecified atom stereocenters. The average molecular weight is 587 g/mol. The summed E-state index contributed by atoms with van der Waals surface area (Å²) in [6, 6.07) is 17.2. The molecule has 2 aliphatic heterocycles. The second-order valence-electron chi connectivity index (χ2n) is 9.64. The van der Waals surface area contributed by atoms with Gasteiger partial charge in [0.05, 0.1) is 27.3 Å². The predicted octanol–water partition coefficient (Wildman–Crippen LogP) is 4.51. The van der Waals surface area contributed by atoms with Gasteiger partial charge in [-0.1, -0.05) is 47.7 Å². The number of carbonyl (C=O) groups is 1. The number of nitro benzene ring substituents is 1. The Morgan fingerprint density at radius 3 is 2.61 bits per heavy atom. The van der Waals surface area contributed by atoms with E-state index in [1.807, 2.05) is 47.8 Å². The van der Waals surface area contributed by atoms with Crippen LogP contribution < -0.4 is 19.8 Å². The maximum absolute atomic E-state index is 14.1. The van der Waals surface area contributed by atoms with Gasteiger partial charge in [0.15, 0.2) is 4.80 Å². The molecule has 1 saturated heterocycles. The van der Waals surface area contributed by atoms with Crippen molar-refractivity contribution in [3.05, 3.63) is 117 Å². The van der Waals surface area contributed by atoms with Crippen molar-refractivity contribution in [1.29, 1.82) is 0 Å². The van der Waals surface area contributed by atoms with Crippen molar-refractivity contribution >= 4 is 51.8 Å². The van der Waals surface area contributed by atoms with Gasteiger partial charge in [0.2, 0.25) is 0 Å². The number of benzene rings is 2.